The highest BCUT2D eigenvalue weighted by Crippen LogP contribution is 2.03. The van der Waals surface area contributed by atoms with E-state index in [4.69, 9.17) is 10.8 Å². The Morgan fingerprint density at radius 3 is 1.86 bits per heavy atom. The molecule has 88 valence electrons. The molecule has 14 heavy (non-hydrogen) atoms. The lowest BCUT2D eigenvalue weighted by atomic mass is 10.1. The van der Waals surface area contributed by atoms with Gasteiger partial charge in [0.25, 0.3) is 0 Å². The summed E-state index contributed by atoms with van der Waals surface area (Å²) >= 11 is 0. The minimum Gasteiger partial charge on any atom is -0.396 e. The summed E-state index contributed by atoms with van der Waals surface area (Å²) in [6.07, 6.45) is 8.33. The number of aliphatic hydroxyl groups excluding tert-OH is 1. The Morgan fingerprint density at radius 1 is 1.00 bits per heavy atom. The van der Waals surface area contributed by atoms with Gasteiger partial charge in [0.1, 0.15) is 0 Å². The first kappa shape index (κ1) is 16.4. The van der Waals surface area contributed by atoms with E-state index in [0.29, 0.717) is 12.6 Å². The lowest BCUT2D eigenvalue weighted by molar-refractivity contribution is 0.287. The second-order valence-corrected chi connectivity index (χ2v) is 3.74. The van der Waals surface area contributed by atoms with Crippen molar-refractivity contribution in [3.8, 4) is 0 Å². The third-order valence-electron chi connectivity index (χ3n) is 2.21. The van der Waals surface area contributed by atoms with Gasteiger partial charge in [-0.3, -0.25) is 0 Å². The zero-order valence-electron chi connectivity index (χ0n) is 10.3. The van der Waals surface area contributed by atoms with Crippen molar-refractivity contribution in [3.63, 3.8) is 0 Å². The maximum atomic E-state index is 8.07. The van der Waals surface area contributed by atoms with Crippen LogP contribution in [0.5, 0.6) is 0 Å². The molecule has 0 aromatic heterocycles. The molecule has 0 heterocycles. The first-order valence-electron chi connectivity index (χ1n) is 6.09. The van der Waals surface area contributed by atoms with Crippen LogP contribution in [0, 0.1) is 0 Å². The van der Waals surface area contributed by atoms with Crippen LogP contribution in [0.25, 0.3) is 0 Å². The second-order valence-electron chi connectivity index (χ2n) is 3.74. The van der Waals surface area contributed by atoms with Crippen molar-refractivity contribution in [2.24, 2.45) is 5.73 Å². The van der Waals surface area contributed by atoms with Gasteiger partial charge in [-0.15, -0.1) is 0 Å². The first-order valence-corrected chi connectivity index (χ1v) is 6.09. The highest BCUT2D eigenvalue weighted by atomic mass is 16.2. The standard InChI is InChI=1S/C8H19N.C4H10O/c1-3-5-6-7-8(9)4-2;1-2-3-4-5/h8H,3-7,9H2,1-2H3;5H,2-4H2,1H3. The van der Waals surface area contributed by atoms with Gasteiger partial charge in [-0.05, 0) is 19.3 Å². The normalized spacial score (nSPS) is 11.8. The fraction of sp³-hybridized carbons (Fsp3) is 1.00. The molecule has 2 nitrogen and oxygen atoms in total. The molecule has 0 saturated heterocycles. The van der Waals surface area contributed by atoms with Crippen LogP contribution in [-0.2, 0) is 0 Å². The van der Waals surface area contributed by atoms with Crippen LogP contribution >= 0.6 is 0 Å². The van der Waals surface area contributed by atoms with Gasteiger partial charge < -0.3 is 10.8 Å². The van der Waals surface area contributed by atoms with E-state index in [0.717, 1.165) is 19.3 Å². The van der Waals surface area contributed by atoms with Crippen LogP contribution in [0.4, 0.5) is 0 Å². The van der Waals surface area contributed by atoms with E-state index in [9.17, 15) is 0 Å². The van der Waals surface area contributed by atoms with Crippen molar-refractivity contribution in [3.05, 3.63) is 0 Å². The van der Waals surface area contributed by atoms with Crippen molar-refractivity contribution >= 4 is 0 Å². The van der Waals surface area contributed by atoms with Gasteiger partial charge in [0, 0.05) is 12.6 Å². The molecule has 0 spiro atoms. The molecule has 0 aromatic rings. The minimum absolute atomic E-state index is 0.344. The summed E-state index contributed by atoms with van der Waals surface area (Å²) in [4.78, 5) is 0. The molecule has 1 atom stereocenters. The molecule has 0 aliphatic rings. The predicted molar refractivity (Wildman–Crippen MR) is 64.4 cm³/mol. The number of rotatable bonds is 7. The summed E-state index contributed by atoms with van der Waals surface area (Å²) in [6.45, 7) is 6.76. The van der Waals surface area contributed by atoms with Crippen LogP contribution in [0.1, 0.15) is 65.7 Å². The molecule has 0 saturated carbocycles. The number of hydrogen-bond acceptors (Lipinski definition) is 2. The zero-order chi connectivity index (χ0) is 11.2. The second kappa shape index (κ2) is 15.4. The predicted octanol–water partition coefficient (Wildman–Crippen LogP) is 3.08. The molecule has 0 rings (SSSR count). The van der Waals surface area contributed by atoms with E-state index in [1.807, 2.05) is 0 Å². The minimum atomic E-state index is 0.344. The lowest BCUT2D eigenvalue weighted by Gasteiger charge is -2.05. The Labute approximate surface area is 89.9 Å². The molecular weight excluding hydrogens is 174 g/mol. The van der Waals surface area contributed by atoms with Crippen LogP contribution in [0.15, 0.2) is 0 Å². The summed E-state index contributed by atoms with van der Waals surface area (Å²) in [5.41, 5.74) is 5.71. The Bertz CT molecular complexity index is 84.4. The van der Waals surface area contributed by atoms with Crippen LogP contribution < -0.4 is 5.73 Å². The molecule has 0 aromatic carbocycles. The number of aliphatic hydroxyl groups is 1. The van der Waals surface area contributed by atoms with E-state index < -0.39 is 0 Å². The Hall–Kier alpha value is -0.0800. The summed E-state index contributed by atoms with van der Waals surface area (Å²) < 4.78 is 0. The number of unbranched alkanes of at least 4 members (excludes halogenated alkanes) is 3. The summed E-state index contributed by atoms with van der Waals surface area (Å²) in [6, 6.07) is 0.455. The quantitative estimate of drug-likeness (QED) is 0.625. The van der Waals surface area contributed by atoms with Crippen LogP contribution in [-0.4, -0.2) is 17.8 Å². The monoisotopic (exact) mass is 203 g/mol. The number of nitrogens with two attached hydrogens (primary N) is 1. The smallest absolute Gasteiger partial charge is 0.0430 e. The summed E-state index contributed by atoms with van der Waals surface area (Å²) in [5, 5.41) is 8.07. The topological polar surface area (TPSA) is 46.2 Å². The Balaban J connectivity index is 0. The average molecular weight is 203 g/mol. The van der Waals surface area contributed by atoms with Gasteiger partial charge in [-0.1, -0.05) is 46.5 Å². The Morgan fingerprint density at radius 2 is 1.57 bits per heavy atom. The van der Waals surface area contributed by atoms with Crippen molar-refractivity contribution < 1.29 is 5.11 Å². The van der Waals surface area contributed by atoms with E-state index in [1.165, 1.54) is 25.7 Å². The highest BCUT2D eigenvalue weighted by molar-refractivity contribution is 4.56. The molecule has 3 N–H and O–H groups in total. The highest BCUT2D eigenvalue weighted by Gasteiger charge is 1.95. The molecule has 1 unspecified atom stereocenters. The molecule has 0 aliphatic carbocycles. The molecular formula is C12H29NO. The van der Waals surface area contributed by atoms with Gasteiger partial charge in [0.05, 0.1) is 0 Å². The molecule has 2 heteroatoms. The maximum Gasteiger partial charge on any atom is 0.0430 e. The zero-order valence-corrected chi connectivity index (χ0v) is 10.3. The van der Waals surface area contributed by atoms with Crippen molar-refractivity contribution in [2.45, 2.75) is 71.8 Å². The van der Waals surface area contributed by atoms with Gasteiger partial charge in [0.2, 0.25) is 0 Å². The van der Waals surface area contributed by atoms with Gasteiger partial charge in [-0.2, -0.15) is 0 Å². The van der Waals surface area contributed by atoms with Crippen molar-refractivity contribution in [1.29, 1.82) is 0 Å². The third-order valence-corrected chi connectivity index (χ3v) is 2.21. The molecule has 0 bridgehead atoms. The van der Waals surface area contributed by atoms with E-state index >= 15 is 0 Å². The SMILES string of the molecule is CCCCCC(N)CC.CCCCO. The number of hydrogen-bond donors (Lipinski definition) is 2. The molecule has 0 radical (unpaired) electrons. The van der Waals surface area contributed by atoms with Crippen LogP contribution in [0.2, 0.25) is 0 Å². The van der Waals surface area contributed by atoms with Crippen molar-refractivity contribution in [2.75, 3.05) is 6.61 Å². The largest absolute Gasteiger partial charge is 0.396 e. The average Bonchev–Trinajstić information content (AvgIpc) is 2.20. The summed E-state index contributed by atoms with van der Waals surface area (Å²) in [5.74, 6) is 0. The molecule has 0 fully saturated rings. The van der Waals surface area contributed by atoms with E-state index in [1.54, 1.807) is 0 Å². The maximum absolute atomic E-state index is 8.07. The first-order chi connectivity index (χ1) is 6.72. The van der Waals surface area contributed by atoms with E-state index in [-0.39, 0.29) is 0 Å². The van der Waals surface area contributed by atoms with Gasteiger partial charge >= 0.3 is 0 Å². The van der Waals surface area contributed by atoms with E-state index in [2.05, 4.69) is 20.8 Å². The molecule has 0 amide bonds. The van der Waals surface area contributed by atoms with Gasteiger partial charge in [-0.25, -0.2) is 0 Å². The van der Waals surface area contributed by atoms with Gasteiger partial charge in [0.15, 0.2) is 0 Å². The fourth-order valence-corrected chi connectivity index (χ4v) is 1.02. The van der Waals surface area contributed by atoms with Crippen molar-refractivity contribution in [1.82, 2.24) is 0 Å². The third kappa shape index (κ3) is 17.9. The fourth-order valence-electron chi connectivity index (χ4n) is 1.02. The summed E-state index contributed by atoms with van der Waals surface area (Å²) in [7, 11) is 0. The van der Waals surface area contributed by atoms with Crippen LogP contribution in [0.3, 0.4) is 0 Å². The Kier molecular flexibility index (Phi) is 18.0. The molecule has 0 aliphatic heterocycles. The lowest BCUT2D eigenvalue weighted by Crippen LogP contribution is -2.17.